The molecule has 0 spiro atoms. The number of piperidine rings is 1. The van der Waals surface area contributed by atoms with E-state index in [2.05, 4.69) is 25.7 Å². The fourth-order valence-electron chi connectivity index (χ4n) is 3.25. The molecule has 0 bridgehead atoms. The summed E-state index contributed by atoms with van der Waals surface area (Å²) in [5.41, 5.74) is 1.67. The van der Waals surface area contributed by atoms with Gasteiger partial charge in [-0.15, -0.1) is 0 Å². The number of Topliss-reactive ketones (excluding diaryl/α,β-unsaturated/α-hetero) is 1. The zero-order valence-electron chi connectivity index (χ0n) is 15.7. The van der Waals surface area contributed by atoms with E-state index in [1.165, 1.54) is 0 Å². The van der Waals surface area contributed by atoms with Gasteiger partial charge in [0.05, 0.1) is 18.6 Å². The van der Waals surface area contributed by atoms with Gasteiger partial charge in [0.25, 0.3) is 0 Å². The Morgan fingerprint density at radius 3 is 2.64 bits per heavy atom. The highest BCUT2D eigenvalue weighted by Gasteiger charge is 2.26. The van der Waals surface area contributed by atoms with Crippen LogP contribution < -0.4 is 4.74 Å². The summed E-state index contributed by atoms with van der Waals surface area (Å²) in [6, 6.07) is 5.78. The molecule has 0 aromatic heterocycles. The molecule has 25 heavy (non-hydrogen) atoms. The summed E-state index contributed by atoms with van der Waals surface area (Å²) >= 11 is 0. The number of rotatable bonds is 6. The molecule has 5 nitrogen and oxygen atoms in total. The van der Waals surface area contributed by atoms with Crippen molar-refractivity contribution in [3.8, 4) is 5.75 Å². The number of nitrogens with zero attached hydrogens (tertiary/aromatic N) is 1. The van der Waals surface area contributed by atoms with Crippen molar-refractivity contribution in [3.63, 3.8) is 0 Å². The van der Waals surface area contributed by atoms with Gasteiger partial charge >= 0.3 is 5.97 Å². The van der Waals surface area contributed by atoms with E-state index < -0.39 is 5.97 Å². The minimum Gasteiger partial charge on any atom is -0.496 e. The molecule has 0 radical (unpaired) electrons. The number of carbonyl (C=O) groups excluding carboxylic acids is 1. The SMILES string of the molecule is COc1ccc(C(C)(C)C)cc1C(=O)CCN1CCCC(C(=O)O)C1. The number of ketones is 1. The second kappa shape index (κ2) is 8.00. The van der Waals surface area contributed by atoms with Crippen molar-refractivity contribution in [1.82, 2.24) is 4.90 Å². The molecule has 1 N–H and O–H groups in total. The molecule has 0 aliphatic carbocycles. The largest absolute Gasteiger partial charge is 0.496 e. The summed E-state index contributed by atoms with van der Waals surface area (Å²) in [7, 11) is 1.57. The highest BCUT2D eigenvalue weighted by Crippen LogP contribution is 2.29. The molecule has 1 aromatic rings. The summed E-state index contributed by atoms with van der Waals surface area (Å²) in [6.45, 7) is 8.32. The molecule has 0 amide bonds. The lowest BCUT2D eigenvalue weighted by molar-refractivity contribution is -0.143. The molecule has 1 aliphatic heterocycles. The van der Waals surface area contributed by atoms with E-state index >= 15 is 0 Å². The van der Waals surface area contributed by atoms with Crippen LogP contribution in [0.2, 0.25) is 0 Å². The zero-order chi connectivity index (χ0) is 18.6. The Bertz CT molecular complexity index is 633. The number of hydrogen-bond donors (Lipinski definition) is 1. The number of aliphatic carboxylic acids is 1. The molecule has 1 saturated heterocycles. The zero-order valence-corrected chi connectivity index (χ0v) is 15.7. The average molecular weight is 347 g/mol. The van der Waals surface area contributed by atoms with E-state index in [9.17, 15) is 14.7 Å². The van der Waals surface area contributed by atoms with Gasteiger partial charge in [-0.2, -0.15) is 0 Å². The van der Waals surface area contributed by atoms with Crippen molar-refractivity contribution in [1.29, 1.82) is 0 Å². The number of likely N-dealkylation sites (tertiary alicyclic amines) is 1. The normalized spacial score (nSPS) is 18.8. The monoisotopic (exact) mass is 347 g/mol. The summed E-state index contributed by atoms with van der Waals surface area (Å²) in [5.74, 6) is -0.418. The number of hydrogen-bond acceptors (Lipinski definition) is 4. The lowest BCUT2D eigenvalue weighted by Crippen LogP contribution is -2.39. The summed E-state index contributed by atoms with van der Waals surface area (Å²) in [5, 5.41) is 9.18. The van der Waals surface area contributed by atoms with Crippen LogP contribution >= 0.6 is 0 Å². The Balaban J connectivity index is 2.06. The maximum absolute atomic E-state index is 12.7. The lowest BCUT2D eigenvalue weighted by atomic mass is 9.85. The van der Waals surface area contributed by atoms with Crippen LogP contribution in [0.15, 0.2) is 18.2 Å². The molecule has 2 rings (SSSR count). The highest BCUT2D eigenvalue weighted by molar-refractivity contribution is 5.99. The van der Waals surface area contributed by atoms with Gasteiger partial charge in [0.1, 0.15) is 5.75 Å². The van der Waals surface area contributed by atoms with Gasteiger partial charge in [-0.3, -0.25) is 9.59 Å². The molecule has 1 aromatic carbocycles. The van der Waals surface area contributed by atoms with Crippen LogP contribution in [-0.4, -0.2) is 48.5 Å². The maximum atomic E-state index is 12.7. The van der Waals surface area contributed by atoms with Crippen molar-refractivity contribution in [2.45, 2.75) is 45.4 Å². The molecule has 1 aliphatic rings. The predicted octanol–water partition coefficient (Wildman–Crippen LogP) is 3.36. The third-order valence-electron chi connectivity index (χ3n) is 4.88. The van der Waals surface area contributed by atoms with Crippen LogP contribution in [0.1, 0.15) is 56.0 Å². The van der Waals surface area contributed by atoms with Crippen molar-refractivity contribution in [2.75, 3.05) is 26.7 Å². The number of carbonyl (C=O) groups is 2. The second-order valence-corrected chi connectivity index (χ2v) is 7.82. The fourth-order valence-corrected chi connectivity index (χ4v) is 3.25. The van der Waals surface area contributed by atoms with E-state index in [1.54, 1.807) is 7.11 Å². The van der Waals surface area contributed by atoms with E-state index in [1.807, 2.05) is 18.2 Å². The topological polar surface area (TPSA) is 66.8 Å². The quantitative estimate of drug-likeness (QED) is 0.799. The molecule has 5 heteroatoms. The van der Waals surface area contributed by atoms with Gasteiger partial charge in [0.2, 0.25) is 0 Å². The molecule has 1 atom stereocenters. The second-order valence-electron chi connectivity index (χ2n) is 7.82. The standard InChI is InChI=1S/C20H29NO4/c1-20(2,3)15-7-8-18(25-4)16(12-15)17(22)9-11-21-10-5-6-14(13-21)19(23)24/h7-8,12,14H,5-6,9-11,13H2,1-4H3,(H,23,24). The smallest absolute Gasteiger partial charge is 0.307 e. The van der Waals surface area contributed by atoms with Crippen LogP contribution in [0.3, 0.4) is 0 Å². The number of carboxylic acids is 1. The van der Waals surface area contributed by atoms with E-state index in [0.717, 1.165) is 24.9 Å². The Morgan fingerprint density at radius 1 is 1.32 bits per heavy atom. The third kappa shape index (κ3) is 5.05. The fraction of sp³-hybridized carbons (Fsp3) is 0.600. The van der Waals surface area contributed by atoms with Gasteiger partial charge in [-0.25, -0.2) is 0 Å². The summed E-state index contributed by atoms with van der Waals surface area (Å²) < 4.78 is 5.36. The molecule has 1 unspecified atom stereocenters. The van der Waals surface area contributed by atoms with Gasteiger partial charge < -0.3 is 14.7 Å². The van der Waals surface area contributed by atoms with Crippen LogP contribution in [0.5, 0.6) is 5.75 Å². The van der Waals surface area contributed by atoms with Crippen molar-refractivity contribution in [2.24, 2.45) is 5.92 Å². The van der Waals surface area contributed by atoms with Crippen molar-refractivity contribution < 1.29 is 19.4 Å². The Labute approximate surface area is 150 Å². The van der Waals surface area contributed by atoms with Gasteiger partial charge in [0, 0.05) is 19.5 Å². The minimum atomic E-state index is -0.740. The molecule has 1 heterocycles. The predicted molar refractivity (Wildman–Crippen MR) is 97.4 cm³/mol. The Hall–Kier alpha value is -1.88. The first-order valence-corrected chi connectivity index (χ1v) is 8.89. The van der Waals surface area contributed by atoms with E-state index in [4.69, 9.17) is 4.74 Å². The highest BCUT2D eigenvalue weighted by atomic mass is 16.5. The molecule has 138 valence electrons. The Morgan fingerprint density at radius 2 is 2.04 bits per heavy atom. The first kappa shape index (κ1) is 19.4. The van der Waals surface area contributed by atoms with Gasteiger partial charge in [0.15, 0.2) is 5.78 Å². The van der Waals surface area contributed by atoms with Gasteiger partial charge in [-0.1, -0.05) is 26.8 Å². The van der Waals surface area contributed by atoms with Crippen LogP contribution in [-0.2, 0) is 10.2 Å². The summed E-state index contributed by atoms with van der Waals surface area (Å²) in [4.78, 5) is 26.0. The van der Waals surface area contributed by atoms with E-state index in [0.29, 0.717) is 30.8 Å². The lowest BCUT2D eigenvalue weighted by Gasteiger charge is -2.30. The van der Waals surface area contributed by atoms with Crippen molar-refractivity contribution in [3.05, 3.63) is 29.3 Å². The first-order valence-electron chi connectivity index (χ1n) is 8.89. The van der Waals surface area contributed by atoms with Crippen LogP contribution in [0.25, 0.3) is 0 Å². The molecule has 0 saturated carbocycles. The number of benzene rings is 1. The van der Waals surface area contributed by atoms with E-state index in [-0.39, 0.29) is 17.1 Å². The van der Waals surface area contributed by atoms with Crippen LogP contribution in [0.4, 0.5) is 0 Å². The van der Waals surface area contributed by atoms with Crippen molar-refractivity contribution >= 4 is 11.8 Å². The first-order chi connectivity index (χ1) is 11.7. The third-order valence-corrected chi connectivity index (χ3v) is 4.88. The number of ether oxygens (including phenoxy) is 1. The average Bonchev–Trinajstić information content (AvgIpc) is 2.58. The molecular formula is C20H29NO4. The van der Waals surface area contributed by atoms with Gasteiger partial charge in [-0.05, 0) is 42.5 Å². The van der Waals surface area contributed by atoms with Crippen LogP contribution in [0, 0.1) is 5.92 Å². The molecule has 1 fully saturated rings. The maximum Gasteiger partial charge on any atom is 0.307 e. The Kier molecular flexibility index (Phi) is 6.22. The number of methoxy groups -OCH3 is 1. The minimum absolute atomic E-state index is 0.0388. The number of carboxylic acid groups (broad SMARTS) is 1. The summed E-state index contributed by atoms with van der Waals surface area (Å²) in [6.07, 6.45) is 1.96. The molecular weight excluding hydrogens is 318 g/mol.